The number of H-pyrrole nitrogens is 1. The first-order valence-corrected chi connectivity index (χ1v) is 13.5. The third-order valence-electron chi connectivity index (χ3n) is 6.89. The Kier molecular flexibility index (Phi) is 5.60. The van der Waals surface area contributed by atoms with Gasteiger partial charge >= 0.3 is 10.2 Å². The molecule has 196 valence electrons. The lowest BCUT2D eigenvalue weighted by atomic mass is 9.89. The molecule has 0 spiro atoms. The number of hydrogen-bond acceptors (Lipinski definition) is 4. The number of rotatable bonds is 4. The van der Waals surface area contributed by atoms with E-state index in [2.05, 4.69) is 15.0 Å². The van der Waals surface area contributed by atoms with Crippen LogP contribution in [-0.4, -0.2) is 52.1 Å². The number of ether oxygens (including phenoxy) is 1. The lowest BCUT2D eigenvalue weighted by molar-refractivity contribution is 0.0708. The zero-order valence-electron chi connectivity index (χ0n) is 19.0. The van der Waals surface area contributed by atoms with Crippen molar-refractivity contribution in [2.24, 2.45) is 0 Å². The van der Waals surface area contributed by atoms with Gasteiger partial charge in [0.15, 0.2) is 5.65 Å². The molecule has 1 aromatic carbocycles. The van der Waals surface area contributed by atoms with Gasteiger partial charge in [0.25, 0.3) is 5.91 Å². The highest BCUT2D eigenvalue weighted by Gasteiger charge is 2.65. The number of imidazole rings is 1. The van der Waals surface area contributed by atoms with E-state index in [-0.39, 0.29) is 37.1 Å². The lowest BCUT2D eigenvalue weighted by Crippen LogP contribution is -2.38. The number of halogens is 6. The van der Waals surface area contributed by atoms with Gasteiger partial charge in [-0.2, -0.15) is 0 Å². The predicted octanol–water partition coefficient (Wildman–Crippen LogP) is 6.67. The van der Waals surface area contributed by atoms with Gasteiger partial charge in [-0.05, 0) is 61.4 Å². The second kappa shape index (κ2) is 8.10. The van der Waals surface area contributed by atoms with E-state index < -0.39 is 32.4 Å². The van der Waals surface area contributed by atoms with Crippen LogP contribution >= 0.6 is 10.2 Å². The molecule has 0 saturated carbocycles. The molecule has 0 bridgehead atoms. The van der Waals surface area contributed by atoms with Gasteiger partial charge in [0.2, 0.25) is 0 Å². The Bertz CT molecular complexity index is 1320. The van der Waals surface area contributed by atoms with Crippen molar-refractivity contribution in [3.05, 3.63) is 53.2 Å². The summed E-state index contributed by atoms with van der Waals surface area (Å²) < 4.78 is 84.5. The third kappa shape index (κ3) is 4.90. The Morgan fingerprint density at radius 2 is 1.69 bits per heavy atom. The van der Waals surface area contributed by atoms with Crippen molar-refractivity contribution in [1.82, 2.24) is 19.9 Å². The summed E-state index contributed by atoms with van der Waals surface area (Å²) in [6.07, 6.45) is 4.48. The monoisotopic (exact) mass is 534 g/mol. The van der Waals surface area contributed by atoms with Crippen molar-refractivity contribution in [3.8, 4) is 0 Å². The SMILES string of the molecule is O=C(c1ccc(S(F)(F)(F)(F)F)cc1F)N1CCC(c2ccnc3nc(C4CCOCC4)[nH]c23)CC1. The molecule has 1 amide bonds. The largest absolute Gasteiger partial charge is 0.381 e. The van der Waals surface area contributed by atoms with E-state index in [9.17, 15) is 28.6 Å². The fourth-order valence-corrected chi connectivity index (χ4v) is 5.58. The average Bonchev–Trinajstić information content (AvgIpc) is 3.27. The molecule has 0 aliphatic carbocycles. The Hall–Kier alpha value is -2.80. The summed E-state index contributed by atoms with van der Waals surface area (Å²) in [5.41, 5.74) is 1.78. The standard InChI is InChI=1S/C23H24F6N4O2S/c24-19-13-16(36(25,26,27,28)29)1-2-18(19)23(34)33-9-4-14(5-10-33)17-3-8-30-22-20(17)31-21(32-22)15-6-11-35-12-7-15/h1-3,8,13-15H,4-7,9-12H2,(H,30,31,32). The zero-order valence-corrected chi connectivity index (χ0v) is 19.8. The second-order valence-corrected chi connectivity index (χ2v) is 11.7. The number of carbonyl (C=O) groups is 1. The van der Waals surface area contributed by atoms with E-state index >= 15 is 0 Å². The van der Waals surface area contributed by atoms with Gasteiger partial charge < -0.3 is 14.6 Å². The Morgan fingerprint density at radius 1 is 1.00 bits per heavy atom. The summed E-state index contributed by atoms with van der Waals surface area (Å²) in [4.78, 5) is 24.2. The maximum absolute atomic E-state index is 14.3. The fraction of sp³-hybridized carbons (Fsp3) is 0.435. The Morgan fingerprint density at radius 3 is 2.33 bits per heavy atom. The molecule has 2 saturated heterocycles. The molecule has 6 nitrogen and oxygen atoms in total. The summed E-state index contributed by atoms with van der Waals surface area (Å²) in [5.74, 6) is -1.26. The topological polar surface area (TPSA) is 71.1 Å². The summed E-state index contributed by atoms with van der Waals surface area (Å²) >= 11 is 0. The van der Waals surface area contributed by atoms with E-state index in [1.54, 1.807) is 6.20 Å². The quantitative estimate of drug-likeness (QED) is 0.380. The van der Waals surface area contributed by atoms with Gasteiger partial charge in [-0.15, -0.1) is 0 Å². The Labute approximate surface area is 202 Å². The molecule has 0 atom stereocenters. The first-order valence-electron chi connectivity index (χ1n) is 11.6. The van der Waals surface area contributed by atoms with Crippen molar-refractivity contribution >= 4 is 27.3 Å². The molecular weight excluding hydrogens is 510 g/mol. The second-order valence-electron chi connectivity index (χ2n) is 9.28. The van der Waals surface area contributed by atoms with Gasteiger partial charge in [0.05, 0.1) is 11.1 Å². The number of nitrogens with one attached hydrogen (secondary N) is 1. The first-order chi connectivity index (χ1) is 16.8. The molecule has 2 aliphatic rings. The number of fused-ring (bicyclic) bond motifs is 1. The molecule has 2 aromatic heterocycles. The number of amides is 1. The number of benzene rings is 1. The molecule has 3 aromatic rings. The van der Waals surface area contributed by atoms with Crippen LogP contribution in [0.4, 0.5) is 23.8 Å². The highest BCUT2D eigenvalue weighted by Crippen LogP contribution is 3.02. The van der Waals surface area contributed by atoms with Crippen molar-refractivity contribution < 1.29 is 33.4 Å². The van der Waals surface area contributed by atoms with Gasteiger partial charge in [-0.1, -0.05) is 19.4 Å². The summed E-state index contributed by atoms with van der Waals surface area (Å²) in [7, 11) is -10.0. The highest BCUT2D eigenvalue weighted by atomic mass is 32.5. The number of carbonyl (C=O) groups excluding carboxylic acids is 1. The molecule has 0 radical (unpaired) electrons. The van der Waals surface area contributed by atoms with Crippen LogP contribution in [0.2, 0.25) is 0 Å². The number of aromatic nitrogens is 3. The van der Waals surface area contributed by atoms with Crippen molar-refractivity contribution in [2.75, 3.05) is 26.3 Å². The van der Waals surface area contributed by atoms with Crippen molar-refractivity contribution in [2.45, 2.75) is 42.4 Å². The maximum Gasteiger partial charge on any atom is 0.310 e. The van der Waals surface area contributed by atoms with E-state index in [1.807, 2.05) is 6.07 Å². The number of nitrogens with zero attached hydrogens (tertiary/aromatic N) is 3. The fourth-order valence-electron chi connectivity index (χ4n) is 4.93. The van der Waals surface area contributed by atoms with E-state index in [4.69, 9.17) is 4.74 Å². The van der Waals surface area contributed by atoms with Gasteiger partial charge in [-0.3, -0.25) is 4.79 Å². The molecule has 1 N–H and O–H groups in total. The van der Waals surface area contributed by atoms with Crippen LogP contribution in [0.15, 0.2) is 35.4 Å². The summed E-state index contributed by atoms with van der Waals surface area (Å²) in [6, 6.07) is 2.14. The lowest BCUT2D eigenvalue weighted by Gasteiger charge is -2.40. The maximum atomic E-state index is 14.3. The van der Waals surface area contributed by atoms with Gasteiger partial charge in [-0.25, -0.2) is 14.4 Å². The van der Waals surface area contributed by atoms with Crippen LogP contribution in [0.3, 0.4) is 0 Å². The van der Waals surface area contributed by atoms with Crippen LogP contribution in [0, 0.1) is 5.82 Å². The van der Waals surface area contributed by atoms with Crippen LogP contribution in [0.1, 0.15) is 59.3 Å². The minimum atomic E-state index is -10.0. The zero-order chi connectivity index (χ0) is 25.8. The van der Waals surface area contributed by atoms with Crippen LogP contribution < -0.4 is 0 Å². The number of aromatic amines is 1. The number of pyridine rings is 1. The smallest absolute Gasteiger partial charge is 0.310 e. The molecule has 2 aliphatic heterocycles. The minimum Gasteiger partial charge on any atom is -0.381 e. The van der Waals surface area contributed by atoms with Crippen molar-refractivity contribution in [3.63, 3.8) is 0 Å². The Balaban J connectivity index is 1.31. The first kappa shape index (κ1) is 24.9. The third-order valence-corrected chi connectivity index (χ3v) is 8.03. The van der Waals surface area contributed by atoms with Crippen molar-refractivity contribution in [1.29, 1.82) is 0 Å². The number of piperidine rings is 1. The summed E-state index contributed by atoms with van der Waals surface area (Å²) in [6.45, 7) is 1.82. The molecule has 4 heterocycles. The minimum absolute atomic E-state index is 0.0582. The molecule has 36 heavy (non-hydrogen) atoms. The van der Waals surface area contributed by atoms with E-state index in [0.29, 0.717) is 37.8 Å². The molecule has 5 rings (SSSR count). The summed E-state index contributed by atoms with van der Waals surface area (Å²) in [5, 5.41) is 0. The van der Waals surface area contributed by atoms with Crippen LogP contribution in [-0.2, 0) is 4.74 Å². The number of likely N-dealkylation sites (tertiary alicyclic amines) is 1. The van der Waals surface area contributed by atoms with Crippen LogP contribution in [0.25, 0.3) is 11.2 Å². The normalized spacial score (nSPS) is 20.3. The molecular formula is C23H24F6N4O2S. The van der Waals surface area contributed by atoms with E-state index in [1.165, 1.54) is 4.90 Å². The predicted molar refractivity (Wildman–Crippen MR) is 122 cm³/mol. The molecule has 13 heteroatoms. The highest BCUT2D eigenvalue weighted by molar-refractivity contribution is 8.45. The average molecular weight is 535 g/mol. The van der Waals surface area contributed by atoms with Gasteiger partial charge in [0, 0.05) is 38.4 Å². The van der Waals surface area contributed by atoms with Crippen LogP contribution in [0.5, 0.6) is 0 Å². The molecule has 0 unspecified atom stereocenters. The van der Waals surface area contributed by atoms with Gasteiger partial charge in [0.1, 0.15) is 16.5 Å². The molecule has 2 fully saturated rings. The number of hydrogen-bond donors (Lipinski definition) is 1. The van der Waals surface area contributed by atoms with E-state index in [0.717, 1.165) is 29.7 Å².